The van der Waals surface area contributed by atoms with Gasteiger partial charge in [-0.1, -0.05) is 46.3 Å². The van der Waals surface area contributed by atoms with Crippen LogP contribution in [-0.2, 0) is 6.61 Å². The molecule has 0 saturated carbocycles. The van der Waals surface area contributed by atoms with E-state index >= 15 is 0 Å². The van der Waals surface area contributed by atoms with Crippen molar-refractivity contribution in [3.8, 4) is 5.75 Å². The molecule has 0 aromatic heterocycles. The Morgan fingerprint density at radius 1 is 0.808 bits per heavy atom. The van der Waals surface area contributed by atoms with E-state index < -0.39 is 0 Å². The predicted molar refractivity (Wildman–Crippen MR) is 102 cm³/mol. The van der Waals surface area contributed by atoms with Crippen molar-refractivity contribution >= 4 is 33.4 Å². The highest BCUT2D eigenvalue weighted by Gasteiger charge is 2.36. The van der Waals surface area contributed by atoms with E-state index in [-0.39, 0.29) is 11.8 Å². The van der Waals surface area contributed by atoms with Gasteiger partial charge >= 0.3 is 0 Å². The van der Waals surface area contributed by atoms with Crippen LogP contribution in [-0.4, -0.2) is 11.8 Å². The zero-order valence-electron chi connectivity index (χ0n) is 13.7. The predicted octanol–water partition coefficient (Wildman–Crippen LogP) is 4.83. The molecule has 0 unspecified atom stereocenters. The molecular weight excluding hydrogens is 394 g/mol. The fourth-order valence-corrected chi connectivity index (χ4v) is 3.24. The molecule has 3 aromatic rings. The summed E-state index contributed by atoms with van der Waals surface area (Å²) in [5.41, 5.74) is 2.43. The average molecular weight is 408 g/mol. The van der Waals surface area contributed by atoms with E-state index in [1.807, 2.05) is 30.3 Å². The van der Waals surface area contributed by atoms with Crippen LogP contribution in [0.25, 0.3) is 0 Å². The van der Waals surface area contributed by atoms with Crippen LogP contribution in [0, 0.1) is 0 Å². The lowest BCUT2D eigenvalue weighted by molar-refractivity contribution is 0.0926. The maximum atomic E-state index is 12.6. The molecule has 3 aromatic carbocycles. The van der Waals surface area contributed by atoms with Crippen LogP contribution in [0.15, 0.2) is 77.3 Å². The first-order valence-corrected chi connectivity index (χ1v) is 8.88. The number of rotatable bonds is 4. The average Bonchev–Trinajstić information content (AvgIpc) is 2.91. The number of amides is 2. The maximum absolute atomic E-state index is 12.6. The van der Waals surface area contributed by atoms with Crippen molar-refractivity contribution in [1.29, 1.82) is 0 Å². The fourth-order valence-electron chi connectivity index (χ4n) is 2.88. The van der Waals surface area contributed by atoms with Crippen LogP contribution in [0.5, 0.6) is 5.75 Å². The Kier molecular flexibility index (Phi) is 4.31. The van der Waals surface area contributed by atoms with Gasteiger partial charge in [-0.3, -0.25) is 9.59 Å². The summed E-state index contributed by atoms with van der Waals surface area (Å²) in [6, 6.07) is 21.9. The summed E-state index contributed by atoms with van der Waals surface area (Å²) in [5, 5.41) is 0. The minimum absolute atomic E-state index is 0.310. The molecular formula is C21H14BrNO3. The highest BCUT2D eigenvalue weighted by Crippen LogP contribution is 2.31. The third kappa shape index (κ3) is 3.02. The van der Waals surface area contributed by atoms with Gasteiger partial charge in [-0.2, -0.15) is 0 Å². The molecule has 26 heavy (non-hydrogen) atoms. The molecule has 2 amide bonds. The summed E-state index contributed by atoms with van der Waals surface area (Å²) >= 11 is 3.34. The summed E-state index contributed by atoms with van der Waals surface area (Å²) < 4.78 is 6.51. The Hall–Kier alpha value is -2.92. The number of imide groups is 1. The van der Waals surface area contributed by atoms with E-state index in [2.05, 4.69) is 15.9 Å². The number of ether oxygens (including phenoxy) is 1. The van der Waals surface area contributed by atoms with Gasteiger partial charge in [-0.05, 0) is 48.0 Å². The molecule has 1 aliphatic rings. The summed E-state index contributed by atoms with van der Waals surface area (Å²) in [7, 11) is 0. The Morgan fingerprint density at radius 2 is 1.50 bits per heavy atom. The zero-order chi connectivity index (χ0) is 18.1. The Morgan fingerprint density at radius 3 is 2.23 bits per heavy atom. The summed E-state index contributed by atoms with van der Waals surface area (Å²) in [5.74, 6) is 0.0525. The normalized spacial score (nSPS) is 13.0. The Labute approximate surface area is 159 Å². The quantitative estimate of drug-likeness (QED) is 0.581. The molecule has 5 heteroatoms. The van der Waals surface area contributed by atoms with Crippen LogP contribution < -0.4 is 9.64 Å². The lowest BCUT2D eigenvalue weighted by Crippen LogP contribution is -2.29. The highest BCUT2D eigenvalue weighted by atomic mass is 79.9. The summed E-state index contributed by atoms with van der Waals surface area (Å²) in [4.78, 5) is 26.4. The zero-order valence-corrected chi connectivity index (χ0v) is 15.3. The lowest BCUT2D eigenvalue weighted by atomic mass is 10.1. The third-order valence-corrected chi connectivity index (χ3v) is 4.69. The SMILES string of the molecule is O=C1c2ccc(Br)cc2C(=O)N1c1ccc(OCc2ccccc2)cc1. The number of hydrogen-bond acceptors (Lipinski definition) is 3. The maximum Gasteiger partial charge on any atom is 0.266 e. The standard InChI is InChI=1S/C21H14BrNO3/c22-15-6-11-18-19(12-15)21(25)23(20(18)24)16-7-9-17(10-8-16)26-13-14-4-2-1-3-5-14/h1-12H,13H2. The largest absolute Gasteiger partial charge is 0.489 e. The first kappa shape index (κ1) is 16.5. The van der Waals surface area contributed by atoms with E-state index in [0.29, 0.717) is 29.2 Å². The van der Waals surface area contributed by atoms with Gasteiger partial charge in [-0.15, -0.1) is 0 Å². The molecule has 0 bridgehead atoms. The second-order valence-corrected chi connectivity index (χ2v) is 6.82. The van der Waals surface area contributed by atoms with Crippen molar-refractivity contribution in [3.05, 3.63) is 94.0 Å². The van der Waals surface area contributed by atoms with Gasteiger partial charge in [0, 0.05) is 4.47 Å². The number of benzene rings is 3. The molecule has 0 atom stereocenters. The van der Waals surface area contributed by atoms with Crippen LogP contribution in [0.2, 0.25) is 0 Å². The number of halogens is 1. The second-order valence-electron chi connectivity index (χ2n) is 5.90. The molecule has 1 heterocycles. The van der Waals surface area contributed by atoms with Crippen molar-refractivity contribution in [2.75, 3.05) is 4.90 Å². The number of anilines is 1. The van der Waals surface area contributed by atoms with E-state index in [1.54, 1.807) is 42.5 Å². The minimum Gasteiger partial charge on any atom is -0.489 e. The minimum atomic E-state index is -0.316. The van der Waals surface area contributed by atoms with Crippen molar-refractivity contribution in [2.24, 2.45) is 0 Å². The lowest BCUT2D eigenvalue weighted by Gasteiger charge is -2.14. The van der Waals surface area contributed by atoms with Crippen LogP contribution in [0.3, 0.4) is 0 Å². The fraction of sp³-hybridized carbons (Fsp3) is 0.0476. The first-order valence-electron chi connectivity index (χ1n) is 8.08. The van der Waals surface area contributed by atoms with Crippen molar-refractivity contribution in [1.82, 2.24) is 0 Å². The number of carbonyl (C=O) groups excluding carboxylic acids is 2. The van der Waals surface area contributed by atoms with Crippen molar-refractivity contribution in [2.45, 2.75) is 6.61 Å². The topological polar surface area (TPSA) is 46.6 Å². The van der Waals surface area contributed by atoms with Gasteiger partial charge in [0.05, 0.1) is 16.8 Å². The van der Waals surface area contributed by atoms with Gasteiger partial charge in [0.2, 0.25) is 0 Å². The first-order chi connectivity index (χ1) is 12.6. The molecule has 0 radical (unpaired) electrons. The van der Waals surface area contributed by atoms with E-state index in [4.69, 9.17) is 4.74 Å². The van der Waals surface area contributed by atoms with Gasteiger partial charge < -0.3 is 4.74 Å². The van der Waals surface area contributed by atoms with Gasteiger partial charge in [0.15, 0.2) is 0 Å². The molecule has 0 N–H and O–H groups in total. The van der Waals surface area contributed by atoms with E-state index in [9.17, 15) is 9.59 Å². The van der Waals surface area contributed by atoms with Crippen molar-refractivity contribution < 1.29 is 14.3 Å². The molecule has 0 fully saturated rings. The molecule has 4 rings (SSSR count). The monoisotopic (exact) mass is 407 g/mol. The Bertz CT molecular complexity index is 984. The van der Waals surface area contributed by atoms with Crippen LogP contribution in [0.1, 0.15) is 26.3 Å². The third-order valence-electron chi connectivity index (χ3n) is 4.19. The summed E-state index contributed by atoms with van der Waals surface area (Å²) in [6.07, 6.45) is 0. The smallest absolute Gasteiger partial charge is 0.266 e. The van der Waals surface area contributed by atoms with E-state index in [0.717, 1.165) is 10.0 Å². The molecule has 0 spiro atoms. The molecule has 1 aliphatic heterocycles. The van der Waals surface area contributed by atoms with Gasteiger partial charge in [0.25, 0.3) is 11.8 Å². The number of fused-ring (bicyclic) bond motifs is 1. The highest BCUT2D eigenvalue weighted by molar-refractivity contribution is 9.10. The molecule has 0 aliphatic carbocycles. The van der Waals surface area contributed by atoms with Crippen molar-refractivity contribution in [3.63, 3.8) is 0 Å². The van der Waals surface area contributed by atoms with Crippen LogP contribution in [0.4, 0.5) is 5.69 Å². The van der Waals surface area contributed by atoms with Gasteiger partial charge in [0.1, 0.15) is 12.4 Å². The number of hydrogen-bond donors (Lipinski definition) is 0. The van der Waals surface area contributed by atoms with E-state index in [1.165, 1.54) is 4.90 Å². The molecule has 128 valence electrons. The summed E-state index contributed by atoms with van der Waals surface area (Å²) in [6.45, 7) is 0.460. The second kappa shape index (κ2) is 6.77. The molecule has 4 nitrogen and oxygen atoms in total. The Balaban J connectivity index is 1.52. The van der Waals surface area contributed by atoms with Gasteiger partial charge in [-0.25, -0.2) is 4.90 Å². The van der Waals surface area contributed by atoms with Crippen LogP contribution >= 0.6 is 15.9 Å². The number of nitrogens with zero attached hydrogens (tertiary/aromatic N) is 1. The molecule has 0 saturated heterocycles. The number of carbonyl (C=O) groups is 2.